The number of carbonyl (C=O) groups excluding carboxylic acids is 2. The molecule has 0 saturated carbocycles. The zero-order valence-electron chi connectivity index (χ0n) is 12.8. The molecule has 2 amide bonds. The van der Waals surface area contributed by atoms with E-state index < -0.39 is 11.8 Å². The Balaban J connectivity index is 1.90. The Morgan fingerprint density at radius 2 is 1.88 bits per heavy atom. The molecule has 2 heterocycles. The molecule has 8 heteroatoms. The van der Waals surface area contributed by atoms with Crippen molar-refractivity contribution in [3.8, 4) is 5.69 Å². The third kappa shape index (κ3) is 3.12. The summed E-state index contributed by atoms with van der Waals surface area (Å²) in [6, 6.07) is 8.56. The second-order valence-corrected chi connectivity index (χ2v) is 5.02. The maximum absolute atomic E-state index is 12.3. The summed E-state index contributed by atoms with van der Waals surface area (Å²) in [5.41, 5.74) is 7.39. The van der Waals surface area contributed by atoms with Crippen molar-refractivity contribution < 1.29 is 9.59 Å². The van der Waals surface area contributed by atoms with Crippen molar-refractivity contribution in [2.24, 2.45) is 5.73 Å². The fourth-order valence-corrected chi connectivity index (χ4v) is 2.06. The van der Waals surface area contributed by atoms with E-state index in [0.29, 0.717) is 11.4 Å². The summed E-state index contributed by atoms with van der Waals surface area (Å²) in [6.07, 6.45) is 4.52. The smallest absolute Gasteiger partial charge is 0.275 e. The number of nitrogens with two attached hydrogens (primary N) is 1. The summed E-state index contributed by atoms with van der Waals surface area (Å²) >= 11 is 0. The van der Waals surface area contributed by atoms with Crippen molar-refractivity contribution >= 4 is 17.5 Å². The Morgan fingerprint density at radius 1 is 1.08 bits per heavy atom. The van der Waals surface area contributed by atoms with E-state index in [2.05, 4.69) is 20.4 Å². The normalized spacial score (nSPS) is 10.4. The molecule has 0 saturated heterocycles. The average Bonchev–Trinajstić information content (AvgIpc) is 3.06. The number of nitrogens with one attached hydrogen (secondary N) is 1. The minimum atomic E-state index is -0.620. The molecule has 0 fully saturated rings. The molecule has 24 heavy (non-hydrogen) atoms. The van der Waals surface area contributed by atoms with E-state index in [9.17, 15) is 9.59 Å². The minimum Gasteiger partial charge on any atom is -0.364 e. The summed E-state index contributed by atoms with van der Waals surface area (Å²) < 4.78 is 1.47. The predicted molar refractivity (Wildman–Crippen MR) is 86.8 cm³/mol. The monoisotopic (exact) mass is 322 g/mol. The molecule has 3 aromatic rings. The third-order valence-electron chi connectivity index (χ3n) is 3.25. The Kier molecular flexibility index (Phi) is 4.02. The molecule has 0 radical (unpaired) electrons. The van der Waals surface area contributed by atoms with Gasteiger partial charge in [-0.15, -0.1) is 0 Å². The van der Waals surface area contributed by atoms with E-state index in [1.165, 1.54) is 23.1 Å². The van der Waals surface area contributed by atoms with Gasteiger partial charge in [0.2, 0.25) is 0 Å². The Bertz CT molecular complexity index is 901. The Labute approximate surface area is 137 Å². The third-order valence-corrected chi connectivity index (χ3v) is 3.25. The molecule has 0 aliphatic carbocycles. The first-order valence-corrected chi connectivity index (χ1v) is 7.09. The number of anilines is 1. The van der Waals surface area contributed by atoms with Crippen LogP contribution in [0.25, 0.3) is 5.69 Å². The van der Waals surface area contributed by atoms with Gasteiger partial charge in [-0.2, -0.15) is 5.10 Å². The lowest BCUT2D eigenvalue weighted by atomic mass is 10.2. The number of aryl methyl sites for hydroxylation is 1. The molecule has 0 unspecified atom stereocenters. The molecule has 0 spiro atoms. The van der Waals surface area contributed by atoms with Gasteiger partial charge in [-0.05, 0) is 25.1 Å². The first kappa shape index (κ1) is 15.3. The summed E-state index contributed by atoms with van der Waals surface area (Å²) in [5.74, 6) is -1.01. The highest BCUT2D eigenvalue weighted by Gasteiger charge is 2.13. The number of rotatable bonds is 4. The lowest BCUT2D eigenvalue weighted by molar-refractivity contribution is 0.0992. The van der Waals surface area contributed by atoms with Crippen LogP contribution in [0.15, 0.2) is 48.9 Å². The van der Waals surface area contributed by atoms with Crippen molar-refractivity contribution in [3.05, 3.63) is 66.0 Å². The number of benzene rings is 1. The van der Waals surface area contributed by atoms with Crippen molar-refractivity contribution in [2.45, 2.75) is 6.92 Å². The van der Waals surface area contributed by atoms with Crippen molar-refractivity contribution in [1.29, 1.82) is 0 Å². The largest absolute Gasteiger partial charge is 0.364 e. The van der Waals surface area contributed by atoms with Gasteiger partial charge >= 0.3 is 0 Å². The van der Waals surface area contributed by atoms with E-state index in [-0.39, 0.29) is 11.4 Å². The molecule has 0 atom stereocenters. The maximum atomic E-state index is 12.3. The SMILES string of the molecule is Cc1cnc(C(=O)Nc2ccccc2-n2ccc(C(N)=O)n2)cn1. The van der Waals surface area contributed by atoms with Gasteiger partial charge in [0.05, 0.1) is 23.3 Å². The topological polar surface area (TPSA) is 116 Å². The Hall–Kier alpha value is -3.55. The highest BCUT2D eigenvalue weighted by atomic mass is 16.2. The van der Waals surface area contributed by atoms with Crippen molar-refractivity contribution in [2.75, 3.05) is 5.32 Å². The summed E-state index contributed by atoms with van der Waals surface area (Å²) in [5, 5.41) is 6.86. The molecule has 3 rings (SSSR count). The lowest BCUT2D eigenvalue weighted by Crippen LogP contribution is -2.16. The molecule has 0 aliphatic rings. The average molecular weight is 322 g/mol. The van der Waals surface area contributed by atoms with Gasteiger partial charge in [0.1, 0.15) is 11.4 Å². The number of primary amides is 1. The molecule has 120 valence electrons. The van der Waals surface area contributed by atoms with Crippen LogP contribution in [0.3, 0.4) is 0 Å². The lowest BCUT2D eigenvalue weighted by Gasteiger charge is -2.10. The first-order chi connectivity index (χ1) is 11.5. The Morgan fingerprint density at radius 3 is 2.54 bits per heavy atom. The van der Waals surface area contributed by atoms with E-state index >= 15 is 0 Å². The minimum absolute atomic E-state index is 0.139. The molecule has 3 N–H and O–H groups in total. The predicted octanol–water partition coefficient (Wildman–Crippen LogP) is 1.32. The van der Waals surface area contributed by atoms with Crippen LogP contribution in [0, 0.1) is 6.92 Å². The number of hydrogen-bond donors (Lipinski definition) is 2. The van der Waals surface area contributed by atoms with Crippen molar-refractivity contribution in [3.63, 3.8) is 0 Å². The quantitative estimate of drug-likeness (QED) is 0.751. The van der Waals surface area contributed by atoms with E-state index in [1.54, 1.807) is 37.4 Å². The highest BCUT2D eigenvalue weighted by Crippen LogP contribution is 2.20. The number of nitrogens with zero attached hydrogens (tertiary/aromatic N) is 4. The van der Waals surface area contributed by atoms with Gasteiger partial charge in [-0.3, -0.25) is 14.6 Å². The maximum Gasteiger partial charge on any atom is 0.275 e. The molecule has 0 aliphatic heterocycles. The van der Waals surface area contributed by atoms with E-state index in [1.807, 2.05) is 0 Å². The number of para-hydroxylation sites is 2. The molecular formula is C16H14N6O2. The van der Waals surface area contributed by atoms with Gasteiger partial charge in [0.25, 0.3) is 11.8 Å². The van der Waals surface area contributed by atoms with Crippen LogP contribution < -0.4 is 11.1 Å². The van der Waals surface area contributed by atoms with Crippen LogP contribution in [0.4, 0.5) is 5.69 Å². The second kappa shape index (κ2) is 6.29. The first-order valence-electron chi connectivity index (χ1n) is 7.09. The summed E-state index contributed by atoms with van der Waals surface area (Å²) in [4.78, 5) is 31.6. The van der Waals surface area contributed by atoms with Crippen LogP contribution in [0.1, 0.15) is 26.7 Å². The van der Waals surface area contributed by atoms with Crippen LogP contribution in [-0.2, 0) is 0 Å². The van der Waals surface area contributed by atoms with Crippen LogP contribution in [0.2, 0.25) is 0 Å². The van der Waals surface area contributed by atoms with Gasteiger partial charge in [0, 0.05) is 12.4 Å². The molecule has 8 nitrogen and oxygen atoms in total. The van der Waals surface area contributed by atoms with Gasteiger partial charge < -0.3 is 11.1 Å². The van der Waals surface area contributed by atoms with Gasteiger partial charge in [-0.1, -0.05) is 12.1 Å². The number of hydrogen-bond acceptors (Lipinski definition) is 5. The van der Waals surface area contributed by atoms with E-state index in [4.69, 9.17) is 5.73 Å². The fraction of sp³-hybridized carbons (Fsp3) is 0.0625. The van der Waals surface area contributed by atoms with Gasteiger partial charge in [-0.25, -0.2) is 9.67 Å². The molecule has 0 bridgehead atoms. The number of amides is 2. The molecular weight excluding hydrogens is 308 g/mol. The van der Waals surface area contributed by atoms with Crippen LogP contribution >= 0.6 is 0 Å². The zero-order chi connectivity index (χ0) is 17.1. The zero-order valence-corrected chi connectivity index (χ0v) is 12.8. The second-order valence-electron chi connectivity index (χ2n) is 5.02. The van der Waals surface area contributed by atoms with Crippen LogP contribution in [0.5, 0.6) is 0 Å². The summed E-state index contributed by atoms with van der Waals surface area (Å²) in [7, 11) is 0. The number of carbonyl (C=O) groups is 2. The molecule has 2 aromatic heterocycles. The standard InChI is InChI=1S/C16H14N6O2/c1-10-8-19-13(9-18-10)16(24)20-11-4-2-3-5-14(11)22-7-6-12(21-22)15(17)23/h2-9H,1H3,(H2,17,23)(H,20,24). The van der Waals surface area contributed by atoms with E-state index in [0.717, 1.165) is 5.69 Å². The van der Waals surface area contributed by atoms with Crippen LogP contribution in [-0.4, -0.2) is 31.6 Å². The summed E-state index contributed by atoms with van der Waals surface area (Å²) in [6.45, 7) is 1.79. The highest BCUT2D eigenvalue weighted by molar-refractivity contribution is 6.03. The molecule has 1 aromatic carbocycles. The van der Waals surface area contributed by atoms with Gasteiger partial charge in [0.15, 0.2) is 0 Å². The van der Waals surface area contributed by atoms with Crippen molar-refractivity contribution in [1.82, 2.24) is 19.7 Å². The number of aromatic nitrogens is 4. The fourth-order valence-electron chi connectivity index (χ4n) is 2.06.